The topological polar surface area (TPSA) is 53.0 Å². The second-order valence-corrected chi connectivity index (χ2v) is 7.33. The molecule has 2 aliphatic heterocycles. The molecule has 1 amide bonds. The van der Waals surface area contributed by atoms with Crippen LogP contribution in [0.15, 0.2) is 24.3 Å². The van der Waals surface area contributed by atoms with E-state index >= 15 is 0 Å². The molecular weight excluding hydrogens is 304 g/mol. The van der Waals surface area contributed by atoms with Gasteiger partial charge in [-0.2, -0.15) is 0 Å². The molecule has 1 N–H and O–H groups in total. The highest BCUT2D eigenvalue weighted by Crippen LogP contribution is 2.34. The fourth-order valence-corrected chi connectivity index (χ4v) is 3.80. The Morgan fingerprint density at radius 3 is 2.67 bits per heavy atom. The van der Waals surface area contributed by atoms with Gasteiger partial charge in [-0.05, 0) is 56.3 Å². The largest absolute Gasteiger partial charge is 0.490 e. The zero-order chi connectivity index (χ0) is 17.1. The molecule has 1 aromatic carbocycles. The number of piperidine rings is 2. The Balaban J connectivity index is 1.71. The molecule has 0 radical (unpaired) electrons. The van der Waals surface area contributed by atoms with Gasteiger partial charge in [0.15, 0.2) is 0 Å². The Kier molecular flexibility index (Phi) is 5.29. The van der Waals surface area contributed by atoms with Crippen molar-refractivity contribution >= 4 is 6.09 Å². The monoisotopic (exact) mass is 332 g/mol. The number of likely N-dealkylation sites (tertiary alicyclic amines) is 2. The molecular formula is C19H28N2O3. The van der Waals surface area contributed by atoms with E-state index in [-0.39, 0.29) is 12.1 Å². The Morgan fingerprint density at radius 2 is 1.96 bits per heavy atom. The van der Waals surface area contributed by atoms with E-state index in [4.69, 9.17) is 4.74 Å². The van der Waals surface area contributed by atoms with Gasteiger partial charge in [0.1, 0.15) is 11.9 Å². The quantitative estimate of drug-likeness (QED) is 0.919. The summed E-state index contributed by atoms with van der Waals surface area (Å²) in [6.45, 7) is 4.86. The molecule has 0 saturated carbocycles. The zero-order valence-corrected chi connectivity index (χ0v) is 14.6. The number of ether oxygens (including phenoxy) is 1. The second kappa shape index (κ2) is 7.43. The molecule has 0 aromatic heterocycles. The van der Waals surface area contributed by atoms with Crippen LogP contribution < -0.4 is 4.74 Å². The van der Waals surface area contributed by atoms with E-state index in [0.29, 0.717) is 12.5 Å². The normalized spacial score (nSPS) is 26.3. The van der Waals surface area contributed by atoms with E-state index in [1.807, 2.05) is 24.3 Å². The van der Waals surface area contributed by atoms with Crippen molar-refractivity contribution in [3.63, 3.8) is 0 Å². The lowest BCUT2D eigenvalue weighted by molar-refractivity contribution is 0.0893. The molecule has 0 unspecified atom stereocenters. The fraction of sp³-hybridized carbons (Fsp3) is 0.632. The molecule has 0 bridgehead atoms. The van der Waals surface area contributed by atoms with Crippen LogP contribution in [0, 0.1) is 5.92 Å². The van der Waals surface area contributed by atoms with E-state index < -0.39 is 6.09 Å². The molecule has 1 aromatic rings. The summed E-state index contributed by atoms with van der Waals surface area (Å²) >= 11 is 0. The summed E-state index contributed by atoms with van der Waals surface area (Å²) in [5.41, 5.74) is 1.05. The molecule has 5 nitrogen and oxygen atoms in total. The Hall–Kier alpha value is -1.75. The lowest BCUT2D eigenvalue weighted by Crippen LogP contribution is -2.40. The third kappa shape index (κ3) is 4.01. The van der Waals surface area contributed by atoms with Crippen LogP contribution in [0.4, 0.5) is 4.79 Å². The standard InChI is InChI=1S/C19H28N2O3/c1-14-6-7-18(21(13-14)19(22)23)15-4-3-5-17(12-15)24-16-8-10-20(2)11-9-16/h3-5,12,14,16,18H,6-11,13H2,1-2H3,(H,22,23)/t14-,18+/m0/s1. The van der Waals surface area contributed by atoms with Gasteiger partial charge in [-0.1, -0.05) is 19.1 Å². The summed E-state index contributed by atoms with van der Waals surface area (Å²) < 4.78 is 6.16. The average Bonchev–Trinajstić information content (AvgIpc) is 2.57. The maximum Gasteiger partial charge on any atom is 0.407 e. The van der Waals surface area contributed by atoms with Gasteiger partial charge in [0.25, 0.3) is 0 Å². The molecule has 2 atom stereocenters. The van der Waals surface area contributed by atoms with Crippen molar-refractivity contribution in [3.05, 3.63) is 29.8 Å². The first-order valence-electron chi connectivity index (χ1n) is 8.97. The van der Waals surface area contributed by atoms with Crippen LogP contribution in [0.25, 0.3) is 0 Å². The van der Waals surface area contributed by atoms with E-state index in [1.54, 1.807) is 4.90 Å². The molecule has 24 heavy (non-hydrogen) atoms. The first kappa shape index (κ1) is 17.1. The first-order valence-corrected chi connectivity index (χ1v) is 8.97. The summed E-state index contributed by atoms with van der Waals surface area (Å²) in [5, 5.41) is 9.53. The third-order valence-electron chi connectivity index (χ3n) is 5.27. The number of carbonyl (C=O) groups is 1. The fourth-order valence-electron chi connectivity index (χ4n) is 3.80. The van der Waals surface area contributed by atoms with Crippen LogP contribution in [-0.4, -0.2) is 53.8 Å². The Bertz CT molecular complexity index is 569. The lowest BCUT2D eigenvalue weighted by atomic mass is 9.90. The molecule has 2 heterocycles. The molecule has 132 valence electrons. The molecule has 0 aliphatic carbocycles. The highest BCUT2D eigenvalue weighted by atomic mass is 16.5. The molecule has 2 saturated heterocycles. The summed E-state index contributed by atoms with van der Waals surface area (Å²) in [5.74, 6) is 1.29. The van der Waals surface area contributed by atoms with Crippen LogP contribution in [-0.2, 0) is 0 Å². The zero-order valence-electron chi connectivity index (χ0n) is 14.6. The first-order chi connectivity index (χ1) is 11.5. The van der Waals surface area contributed by atoms with Crippen molar-refractivity contribution < 1.29 is 14.6 Å². The minimum Gasteiger partial charge on any atom is -0.490 e. The van der Waals surface area contributed by atoms with Crippen molar-refractivity contribution in [3.8, 4) is 5.75 Å². The number of hydrogen-bond acceptors (Lipinski definition) is 3. The Morgan fingerprint density at radius 1 is 1.21 bits per heavy atom. The minimum absolute atomic E-state index is 0.0558. The maximum absolute atomic E-state index is 11.6. The van der Waals surface area contributed by atoms with Gasteiger partial charge in [0.05, 0.1) is 6.04 Å². The van der Waals surface area contributed by atoms with E-state index in [9.17, 15) is 9.90 Å². The van der Waals surface area contributed by atoms with Gasteiger partial charge in [0.2, 0.25) is 0 Å². The van der Waals surface area contributed by atoms with Gasteiger partial charge < -0.3 is 19.6 Å². The van der Waals surface area contributed by atoms with Crippen molar-refractivity contribution in [2.24, 2.45) is 5.92 Å². The highest BCUT2D eigenvalue weighted by molar-refractivity contribution is 5.66. The molecule has 3 rings (SSSR count). The van der Waals surface area contributed by atoms with Gasteiger partial charge in [-0.15, -0.1) is 0 Å². The van der Waals surface area contributed by atoms with E-state index in [2.05, 4.69) is 18.9 Å². The third-order valence-corrected chi connectivity index (χ3v) is 5.27. The number of benzene rings is 1. The van der Waals surface area contributed by atoms with E-state index in [0.717, 1.165) is 50.1 Å². The minimum atomic E-state index is -0.826. The van der Waals surface area contributed by atoms with Crippen molar-refractivity contribution in [1.29, 1.82) is 0 Å². The lowest BCUT2D eigenvalue weighted by Gasteiger charge is -2.37. The summed E-state index contributed by atoms with van der Waals surface area (Å²) in [7, 11) is 2.14. The number of rotatable bonds is 3. The van der Waals surface area contributed by atoms with Crippen molar-refractivity contribution in [2.45, 2.75) is 44.8 Å². The van der Waals surface area contributed by atoms with Crippen LogP contribution in [0.5, 0.6) is 5.75 Å². The second-order valence-electron chi connectivity index (χ2n) is 7.33. The van der Waals surface area contributed by atoms with Crippen LogP contribution >= 0.6 is 0 Å². The van der Waals surface area contributed by atoms with Crippen molar-refractivity contribution in [1.82, 2.24) is 9.80 Å². The average molecular weight is 332 g/mol. The predicted octanol–water partition coefficient (Wildman–Crippen LogP) is 3.61. The maximum atomic E-state index is 11.6. The predicted molar refractivity (Wildman–Crippen MR) is 93.5 cm³/mol. The summed E-state index contributed by atoms with van der Waals surface area (Å²) in [4.78, 5) is 15.5. The van der Waals surface area contributed by atoms with Crippen LogP contribution in [0.2, 0.25) is 0 Å². The number of carboxylic acid groups (broad SMARTS) is 1. The Labute approximate surface area is 144 Å². The molecule has 2 aliphatic rings. The van der Waals surface area contributed by atoms with Gasteiger partial charge in [-0.25, -0.2) is 4.79 Å². The van der Waals surface area contributed by atoms with E-state index in [1.165, 1.54) is 0 Å². The molecule has 5 heteroatoms. The SMILES string of the molecule is C[C@H]1CC[C@H](c2cccc(OC3CCN(C)CC3)c2)N(C(=O)O)C1. The van der Waals surface area contributed by atoms with Gasteiger partial charge in [0, 0.05) is 19.6 Å². The highest BCUT2D eigenvalue weighted by Gasteiger charge is 2.31. The van der Waals surface area contributed by atoms with Gasteiger partial charge >= 0.3 is 6.09 Å². The number of hydrogen-bond donors (Lipinski definition) is 1. The van der Waals surface area contributed by atoms with Gasteiger partial charge in [-0.3, -0.25) is 0 Å². The number of amides is 1. The van der Waals surface area contributed by atoms with Crippen LogP contribution in [0.1, 0.15) is 44.2 Å². The summed E-state index contributed by atoms with van der Waals surface area (Å²) in [6.07, 6.45) is 3.47. The van der Waals surface area contributed by atoms with Crippen molar-refractivity contribution in [2.75, 3.05) is 26.7 Å². The summed E-state index contributed by atoms with van der Waals surface area (Å²) in [6, 6.07) is 7.98. The van der Waals surface area contributed by atoms with Crippen LogP contribution in [0.3, 0.4) is 0 Å². The number of nitrogens with zero attached hydrogens (tertiary/aromatic N) is 2. The smallest absolute Gasteiger partial charge is 0.407 e. The molecule has 0 spiro atoms. The molecule has 2 fully saturated rings.